The highest BCUT2D eigenvalue weighted by Crippen LogP contribution is 2.22. The molecule has 7 heteroatoms. The summed E-state index contributed by atoms with van der Waals surface area (Å²) in [5, 5.41) is 13.1. The summed E-state index contributed by atoms with van der Waals surface area (Å²) < 4.78 is 10.5. The summed E-state index contributed by atoms with van der Waals surface area (Å²) in [6.45, 7) is 5.98. The van der Waals surface area contributed by atoms with Crippen LogP contribution in [0.15, 0.2) is 4.52 Å². The van der Waals surface area contributed by atoms with E-state index in [0.29, 0.717) is 24.9 Å². The quantitative estimate of drug-likeness (QED) is 0.796. The van der Waals surface area contributed by atoms with Crippen molar-refractivity contribution in [2.45, 2.75) is 39.3 Å². The molecule has 2 heterocycles. The number of hydrogen-bond acceptors (Lipinski definition) is 6. The van der Waals surface area contributed by atoms with Gasteiger partial charge in [-0.2, -0.15) is 4.98 Å². The van der Waals surface area contributed by atoms with Crippen molar-refractivity contribution in [3.05, 3.63) is 11.7 Å². The van der Waals surface area contributed by atoms with Crippen LogP contribution in [0.25, 0.3) is 0 Å². The first-order valence-corrected chi connectivity index (χ1v) is 7.01. The van der Waals surface area contributed by atoms with E-state index in [0.717, 1.165) is 19.4 Å². The molecule has 1 aromatic rings. The third kappa shape index (κ3) is 3.34. The number of aliphatic carboxylic acids is 1. The molecule has 1 saturated heterocycles. The first-order valence-electron chi connectivity index (χ1n) is 7.01. The van der Waals surface area contributed by atoms with E-state index in [2.05, 4.69) is 22.0 Å². The molecule has 1 aliphatic heterocycles. The van der Waals surface area contributed by atoms with E-state index in [4.69, 9.17) is 9.26 Å². The third-order valence-corrected chi connectivity index (χ3v) is 3.51. The highest BCUT2D eigenvalue weighted by Gasteiger charge is 2.38. The highest BCUT2D eigenvalue weighted by atomic mass is 16.5. The lowest BCUT2D eigenvalue weighted by atomic mass is 10.0. The maximum atomic E-state index is 11.3. The third-order valence-electron chi connectivity index (χ3n) is 3.51. The Kier molecular flexibility index (Phi) is 5.08. The number of ether oxygens (including phenoxy) is 1. The average Bonchev–Trinajstić information content (AvgIpc) is 3.06. The molecule has 1 fully saturated rings. The molecule has 1 aliphatic rings. The van der Waals surface area contributed by atoms with Crippen LogP contribution in [0.3, 0.4) is 0 Å². The van der Waals surface area contributed by atoms with Crippen molar-refractivity contribution in [2.75, 3.05) is 19.8 Å². The molecule has 0 aromatic carbocycles. The van der Waals surface area contributed by atoms with Crippen molar-refractivity contribution in [3.8, 4) is 0 Å². The van der Waals surface area contributed by atoms with Gasteiger partial charge in [0.1, 0.15) is 0 Å². The summed E-state index contributed by atoms with van der Waals surface area (Å²) in [4.78, 5) is 17.6. The largest absolute Gasteiger partial charge is 0.481 e. The molecule has 0 amide bonds. The minimum Gasteiger partial charge on any atom is -0.481 e. The number of hydrogen-bond donors (Lipinski definition) is 1. The van der Waals surface area contributed by atoms with Gasteiger partial charge in [-0.25, -0.2) is 0 Å². The lowest BCUT2D eigenvalue weighted by Crippen LogP contribution is -2.43. The molecule has 0 saturated carbocycles. The fourth-order valence-electron chi connectivity index (χ4n) is 2.46. The predicted octanol–water partition coefficient (Wildman–Crippen LogP) is 0.944. The molecular formula is C13H21N3O4. The fourth-order valence-corrected chi connectivity index (χ4v) is 2.46. The van der Waals surface area contributed by atoms with Crippen molar-refractivity contribution >= 4 is 5.97 Å². The molecule has 2 rings (SSSR count). The second kappa shape index (κ2) is 6.81. The molecule has 0 aliphatic carbocycles. The lowest BCUT2D eigenvalue weighted by molar-refractivity contribution is -0.143. The molecule has 112 valence electrons. The molecule has 2 atom stereocenters. The summed E-state index contributed by atoms with van der Waals surface area (Å²) in [7, 11) is 0. The first kappa shape index (κ1) is 14.9. The van der Waals surface area contributed by atoms with Gasteiger partial charge in [-0.1, -0.05) is 19.0 Å². The molecule has 1 N–H and O–H groups in total. The van der Waals surface area contributed by atoms with Gasteiger partial charge < -0.3 is 14.4 Å². The van der Waals surface area contributed by atoms with Gasteiger partial charge in [0.25, 0.3) is 0 Å². The number of carbonyl (C=O) groups is 1. The van der Waals surface area contributed by atoms with Crippen molar-refractivity contribution in [1.29, 1.82) is 0 Å². The molecule has 0 spiro atoms. The van der Waals surface area contributed by atoms with Crippen LogP contribution >= 0.6 is 0 Å². The van der Waals surface area contributed by atoms with Crippen molar-refractivity contribution in [3.63, 3.8) is 0 Å². The van der Waals surface area contributed by atoms with Crippen LogP contribution in [0, 0.1) is 5.92 Å². The Morgan fingerprint density at radius 1 is 1.45 bits per heavy atom. The van der Waals surface area contributed by atoms with Crippen molar-refractivity contribution in [2.24, 2.45) is 5.92 Å². The summed E-state index contributed by atoms with van der Waals surface area (Å²) >= 11 is 0. The van der Waals surface area contributed by atoms with Gasteiger partial charge in [0.05, 0.1) is 25.7 Å². The van der Waals surface area contributed by atoms with Gasteiger partial charge in [0, 0.05) is 12.5 Å². The summed E-state index contributed by atoms with van der Waals surface area (Å²) in [5.41, 5.74) is 0. The Labute approximate surface area is 117 Å². The Bertz CT molecular complexity index is 449. The van der Waals surface area contributed by atoms with E-state index >= 15 is 0 Å². The summed E-state index contributed by atoms with van der Waals surface area (Å²) in [5.74, 6) is -0.0938. The molecule has 0 bridgehead atoms. The summed E-state index contributed by atoms with van der Waals surface area (Å²) in [6.07, 6.45) is 1.65. The van der Waals surface area contributed by atoms with Crippen molar-refractivity contribution in [1.82, 2.24) is 15.0 Å². The van der Waals surface area contributed by atoms with Gasteiger partial charge >= 0.3 is 5.97 Å². The molecule has 20 heavy (non-hydrogen) atoms. The monoisotopic (exact) mass is 283 g/mol. The van der Waals surface area contributed by atoms with Gasteiger partial charge in [0.15, 0.2) is 5.82 Å². The molecule has 2 unspecified atom stereocenters. The zero-order valence-corrected chi connectivity index (χ0v) is 11.9. The van der Waals surface area contributed by atoms with E-state index in [1.54, 1.807) is 0 Å². The van der Waals surface area contributed by atoms with Crippen LogP contribution < -0.4 is 0 Å². The standard InChI is InChI=1S/C13H21N3O4/c1-3-5-16(6-12-14-11(4-2)15-20-12)10-8-19-7-9(10)13(17)18/h9-10H,3-8H2,1-2H3,(H,17,18). The number of rotatable bonds is 7. The normalized spacial score (nSPS) is 22.6. The first-order chi connectivity index (χ1) is 9.65. The van der Waals surface area contributed by atoms with Gasteiger partial charge in [-0.3, -0.25) is 9.69 Å². The predicted molar refractivity (Wildman–Crippen MR) is 70.1 cm³/mol. The minimum absolute atomic E-state index is 0.135. The number of aromatic nitrogens is 2. The van der Waals surface area contributed by atoms with E-state index in [9.17, 15) is 9.90 Å². The number of aryl methyl sites for hydroxylation is 1. The molecule has 1 aromatic heterocycles. The topological polar surface area (TPSA) is 88.7 Å². The molecule has 0 radical (unpaired) electrons. The van der Waals surface area contributed by atoms with Crippen LogP contribution in [0.2, 0.25) is 0 Å². The van der Waals surface area contributed by atoms with Gasteiger partial charge in [-0.05, 0) is 13.0 Å². The second-order valence-electron chi connectivity index (χ2n) is 4.98. The highest BCUT2D eigenvalue weighted by molar-refractivity contribution is 5.71. The van der Waals surface area contributed by atoms with Crippen LogP contribution in [-0.2, 0) is 22.5 Å². The number of nitrogens with zero attached hydrogens (tertiary/aromatic N) is 3. The zero-order valence-electron chi connectivity index (χ0n) is 11.9. The number of carboxylic acids is 1. The van der Waals surface area contributed by atoms with E-state index in [1.807, 2.05) is 6.92 Å². The van der Waals surface area contributed by atoms with Crippen LogP contribution in [0.4, 0.5) is 0 Å². The molecular weight excluding hydrogens is 262 g/mol. The summed E-state index contributed by atoms with van der Waals surface area (Å²) in [6, 6.07) is -0.135. The fraction of sp³-hybridized carbons (Fsp3) is 0.769. The van der Waals surface area contributed by atoms with Crippen LogP contribution in [0.5, 0.6) is 0 Å². The zero-order chi connectivity index (χ0) is 14.5. The van der Waals surface area contributed by atoms with E-state index < -0.39 is 11.9 Å². The minimum atomic E-state index is -0.812. The Hall–Kier alpha value is -1.47. The average molecular weight is 283 g/mol. The maximum absolute atomic E-state index is 11.3. The van der Waals surface area contributed by atoms with E-state index in [-0.39, 0.29) is 12.6 Å². The smallest absolute Gasteiger partial charge is 0.310 e. The van der Waals surface area contributed by atoms with Crippen LogP contribution in [0.1, 0.15) is 32.0 Å². The van der Waals surface area contributed by atoms with E-state index in [1.165, 1.54) is 0 Å². The Morgan fingerprint density at radius 2 is 2.25 bits per heavy atom. The second-order valence-corrected chi connectivity index (χ2v) is 4.98. The van der Waals surface area contributed by atoms with Gasteiger partial charge in [0.2, 0.25) is 5.89 Å². The maximum Gasteiger partial charge on any atom is 0.310 e. The Balaban J connectivity index is 2.07. The SMILES string of the molecule is CCCN(Cc1nc(CC)no1)C1COCC1C(=O)O. The number of carboxylic acid groups (broad SMARTS) is 1. The Morgan fingerprint density at radius 3 is 2.85 bits per heavy atom. The van der Waals surface area contributed by atoms with Gasteiger partial charge in [-0.15, -0.1) is 0 Å². The lowest BCUT2D eigenvalue weighted by Gasteiger charge is -2.28. The van der Waals surface area contributed by atoms with Crippen molar-refractivity contribution < 1.29 is 19.2 Å². The van der Waals surface area contributed by atoms with Crippen LogP contribution in [-0.4, -0.2) is 51.9 Å². The molecule has 7 nitrogen and oxygen atoms in total.